The molecule has 1 amide bonds. The van der Waals surface area contributed by atoms with Crippen molar-refractivity contribution in [1.29, 1.82) is 0 Å². The summed E-state index contributed by atoms with van der Waals surface area (Å²) in [6, 6.07) is 5.95. The lowest BCUT2D eigenvalue weighted by molar-refractivity contribution is -0.120. The number of hydrogen-bond donors (Lipinski definition) is 1. The van der Waals surface area contributed by atoms with Crippen LogP contribution in [0.5, 0.6) is 0 Å². The predicted octanol–water partition coefficient (Wildman–Crippen LogP) is 2.48. The third-order valence-electron chi connectivity index (χ3n) is 2.21. The Hall–Kier alpha value is -1.82. The minimum absolute atomic E-state index is 0.0280. The van der Waals surface area contributed by atoms with Gasteiger partial charge in [-0.2, -0.15) is 0 Å². The van der Waals surface area contributed by atoms with Crippen LogP contribution in [0.2, 0.25) is 0 Å². The molecule has 0 aliphatic heterocycles. The van der Waals surface area contributed by atoms with Crippen molar-refractivity contribution in [3.8, 4) is 11.8 Å². The fraction of sp³-hybridized carbons (Fsp3) is 0.357. The van der Waals surface area contributed by atoms with E-state index in [4.69, 9.17) is 0 Å². The quantitative estimate of drug-likeness (QED) is 0.795. The minimum atomic E-state index is -0.275. The topological polar surface area (TPSA) is 29.1 Å². The number of amides is 1. The number of carbonyl (C=O) groups excluding carboxylic acids is 1. The van der Waals surface area contributed by atoms with E-state index >= 15 is 0 Å². The lowest BCUT2D eigenvalue weighted by atomic mass is 10.2. The second-order valence-corrected chi connectivity index (χ2v) is 3.69. The van der Waals surface area contributed by atoms with Gasteiger partial charge in [-0.1, -0.05) is 25.2 Å². The average molecular weight is 233 g/mol. The Balaban J connectivity index is 2.31. The molecule has 17 heavy (non-hydrogen) atoms. The third kappa shape index (κ3) is 5.72. The number of unbranched alkanes of at least 4 members (excludes halogenated alkanes) is 1. The molecule has 1 N–H and O–H groups in total. The molecule has 0 aliphatic carbocycles. The summed E-state index contributed by atoms with van der Waals surface area (Å²) in [4.78, 5) is 11.2. The Morgan fingerprint density at radius 3 is 2.71 bits per heavy atom. The highest BCUT2D eigenvalue weighted by Gasteiger charge is 1.96. The number of rotatable bonds is 4. The van der Waals surface area contributed by atoms with E-state index < -0.39 is 0 Å². The van der Waals surface area contributed by atoms with Crippen molar-refractivity contribution in [2.45, 2.75) is 26.2 Å². The summed E-state index contributed by atoms with van der Waals surface area (Å²) in [5.74, 6) is 5.43. The lowest BCUT2D eigenvalue weighted by Crippen LogP contribution is -2.22. The van der Waals surface area contributed by atoms with Crippen molar-refractivity contribution in [2.75, 3.05) is 6.54 Å². The van der Waals surface area contributed by atoms with Gasteiger partial charge < -0.3 is 5.32 Å². The molecule has 1 aromatic carbocycles. The number of halogens is 1. The summed E-state index contributed by atoms with van der Waals surface area (Å²) in [7, 11) is 0. The monoisotopic (exact) mass is 233 g/mol. The summed E-state index contributed by atoms with van der Waals surface area (Å²) < 4.78 is 12.6. The van der Waals surface area contributed by atoms with E-state index in [1.807, 2.05) is 6.92 Å². The molecule has 2 nitrogen and oxygen atoms in total. The van der Waals surface area contributed by atoms with Gasteiger partial charge in [0.25, 0.3) is 0 Å². The van der Waals surface area contributed by atoms with Gasteiger partial charge in [0.05, 0.1) is 6.54 Å². The van der Waals surface area contributed by atoms with E-state index in [2.05, 4.69) is 17.2 Å². The van der Waals surface area contributed by atoms with Gasteiger partial charge in [0.15, 0.2) is 0 Å². The third-order valence-corrected chi connectivity index (χ3v) is 2.21. The Bertz CT molecular complexity index is 414. The lowest BCUT2D eigenvalue weighted by Gasteiger charge is -1.98. The first-order chi connectivity index (χ1) is 8.22. The first-order valence-corrected chi connectivity index (χ1v) is 5.73. The van der Waals surface area contributed by atoms with Gasteiger partial charge in [0.1, 0.15) is 5.82 Å². The SMILES string of the molecule is CCCCC(=O)NCC#Cc1ccc(F)cc1. The van der Waals surface area contributed by atoms with E-state index in [0.29, 0.717) is 13.0 Å². The number of nitrogens with one attached hydrogen (secondary N) is 1. The molecule has 0 saturated heterocycles. The van der Waals surface area contributed by atoms with Gasteiger partial charge in [-0.3, -0.25) is 4.79 Å². The highest BCUT2D eigenvalue weighted by Crippen LogP contribution is 2.00. The fourth-order valence-electron chi connectivity index (χ4n) is 1.25. The van der Waals surface area contributed by atoms with Gasteiger partial charge in [-0.05, 0) is 30.7 Å². The van der Waals surface area contributed by atoms with Gasteiger partial charge >= 0.3 is 0 Å². The van der Waals surface area contributed by atoms with Crippen molar-refractivity contribution in [3.63, 3.8) is 0 Å². The van der Waals surface area contributed by atoms with Gasteiger partial charge in [-0.25, -0.2) is 4.39 Å². The van der Waals surface area contributed by atoms with Crippen molar-refractivity contribution >= 4 is 5.91 Å². The highest BCUT2D eigenvalue weighted by molar-refractivity contribution is 5.76. The van der Waals surface area contributed by atoms with E-state index in [-0.39, 0.29) is 11.7 Å². The maximum Gasteiger partial charge on any atom is 0.220 e. The van der Waals surface area contributed by atoms with Gasteiger partial charge in [0.2, 0.25) is 5.91 Å². The Labute approximate surface area is 101 Å². The van der Waals surface area contributed by atoms with Crippen LogP contribution in [-0.4, -0.2) is 12.5 Å². The van der Waals surface area contributed by atoms with Crippen LogP contribution in [0.15, 0.2) is 24.3 Å². The second-order valence-electron chi connectivity index (χ2n) is 3.69. The van der Waals surface area contributed by atoms with Crippen LogP contribution in [0.25, 0.3) is 0 Å². The van der Waals surface area contributed by atoms with Crippen molar-refractivity contribution < 1.29 is 9.18 Å². The summed E-state index contributed by atoms with van der Waals surface area (Å²) in [5.41, 5.74) is 0.745. The molecule has 3 heteroatoms. The Morgan fingerprint density at radius 1 is 1.35 bits per heavy atom. The van der Waals surface area contributed by atoms with E-state index in [1.165, 1.54) is 12.1 Å². The normalized spacial score (nSPS) is 9.29. The molecule has 0 fully saturated rings. The first-order valence-electron chi connectivity index (χ1n) is 5.73. The summed E-state index contributed by atoms with van der Waals surface area (Å²) >= 11 is 0. The number of benzene rings is 1. The zero-order valence-corrected chi connectivity index (χ0v) is 9.92. The molecule has 1 rings (SSSR count). The van der Waals surface area contributed by atoms with E-state index in [9.17, 15) is 9.18 Å². The first kappa shape index (κ1) is 13.2. The van der Waals surface area contributed by atoms with Crippen LogP contribution in [0, 0.1) is 17.7 Å². The molecule has 0 heterocycles. The molecule has 0 aliphatic rings. The molecule has 0 radical (unpaired) electrons. The standard InChI is InChI=1S/C14H16FNO/c1-2-3-6-14(17)16-11-4-5-12-7-9-13(15)10-8-12/h7-10H,2-3,6,11H2,1H3,(H,16,17). The molecule has 1 aromatic rings. The van der Waals surface area contributed by atoms with E-state index in [0.717, 1.165) is 18.4 Å². The molecule has 0 unspecified atom stereocenters. The predicted molar refractivity (Wildman–Crippen MR) is 65.8 cm³/mol. The molecule has 0 spiro atoms. The van der Waals surface area contributed by atoms with Crippen LogP contribution in [0.3, 0.4) is 0 Å². The molecule has 0 atom stereocenters. The maximum absolute atomic E-state index is 12.6. The largest absolute Gasteiger partial charge is 0.345 e. The van der Waals surface area contributed by atoms with E-state index in [1.54, 1.807) is 12.1 Å². The van der Waals surface area contributed by atoms with Crippen LogP contribution in [0.4, 0.5) is 4.39 Å². The van der Waals surface area contributed by atoms with Crippen LogP contribution >= 0.6 is 0 Å². The van der Waals surface area contributed by atoms with Crippen molar-refractivity contribution in [1.82, 2.24) is 5.32 Å². The second kappa shape index (κ2) is 7.45. The Kier molecular flexibility index (Phi) is 5.81. The molecule has 0 saturated carbocycles. The summed E-state index contributed by atoms with van der Waals surface area (Å²) in [6.45, 7) is 2.38. The number of carbonyl (C=O) groups is 1. The molecule has 0 aromatic heterocycles. The molecular formula is C14H16FNO. The Morgan fingerprint density at radius 2 is 2.06 bits per heavy atom. The summed E-state index contributed by atoms with van der Waals surface area (Å²) in [5, 5.41) is 2.71. The zero-order chi connectivity index (χ0) is 12.5. The number of hydrogen-bond acceptors (Lipinski definition) is 1. The van der Waals surface area contributed by atoms with Crippen LogP contribution in [0.1, 0.15) is 31.7 Å². The van der Waals surface area contributed by atoms with Gasteiger partial charge in [0, 0.05) is 12.0 Å². The molecular weight excluding hydrogens is 217 g/mol. The van der Waals surface area contributed by atoms with Crippen molar-refractivity contribution in [3.05, 3.63) is 35.6 Å². The molecule has 90 valence electrons. The fourth-order valence-corrected chi connectivity index (χ4v) is 1.25. The van der Waals surface area contributed by atoms with Gasteiger partial charge in [-0.15, -0.1) is 0 Å². The highest BCUT2D eigenvalue weighted by atomic mass is 19.1. The van der Waals surface area contributed by atoms with Crippen molar-refractivity contribution in [2.24, 2.45) is 0 Å². The smallest absolute Gasteiger partial charge is 0.220 e. The van der Waals surface area contributed by atoms with Crippen LogP contribution in [-0.2, 0) is 4.79 Å². The average Bonchev–Trinajstić information content (AvgIpc) is 2.34. The molecule has 0 bridgehead atoms. The van der Waals surface area contributed by atoms with Crippen LogP contribution < -0.4 is 5.32 Å². The maximum atomic E-state index is 12.6. The zero-order valence-electron chi connectivity index (χ0n) is 9.92. The minimum Gasteiger partial charge on any atom is -0.345 e. The summed E-state index contributed by atoms with van der Waals surface area (Å²) in [6.07, 6.45) is 2.46.